The van der Waals surface area contributed by atoms with Crippen LogP contribution in [0.4, 0.5) is 8.78 Å². The van der Waals surface area contributed by atoms with Crippen LogP contribution in [0, 0.1) is 18.6 Å². The Morgan fingerprint density at radius 2 is 1.53 bits per heavy atom. The summed E-state index contributed by atoms with van der Waals surface area (Å²) in [6, 6.07) is 3.30. The maximum atomic E-state index is 13.0. The normalized spacial score (nSPS) is 10.3. The van der Waals surface area contributed by atoms with Crippen molar-refractivity contribution in [1.82, 2.24) is 9.97 Å². The molecule has 0 saturated heterocycles. The molecule has 4 heteroatoms. The van der Waals surface area contributed by atoms with Crippen LogP contribution < -0.4 is 0 Å². The molecule has 0 spiro atoms. The van der Waals surface area contributed by atoms with E-state index in [1.165, 1.54) is 24.5 Å². The third kappa shape index (κ3) is 1.98. The zero-order valence-electron chi connectivity index (χ0n) is 8.04. The summed E-state index contributed by atoms with van der Waals surface area (Å²) in [4.78, 5) is 8.04. The van der Waals surface area contributed by atoms with Crippen LogP contribution in [0.2, 0.25) is 0 Å². The Hall–Kier alpha value is -1.84. The third-order valence-electron chi connectivity index (χ3n) is 2.02. The van der Waals surface area contributed by atoms with Crippen molar-refractivity contribution in [2.75, 3.05) is 0 Å². The SMILES string of the molecule is Cc1nccnc1-c1cc(F)cc(F)c1. The molecule has 0 aliphatic rings. The van der Waals surface area contributed by atoms with Gasteiger partial charge in [-0.2, -0.15) is 0 Å². The Balaban J connectivity index is 2.59. The van der Waals surface area contributed by atoms with E-state index in [9.17, 15) is 8.78 Å². The van der Waals surface area contributed by atoms with Crippen molar-refractivity contribution in [2.24, 2.45) is 0 Å². The molecule has 2 aromatic rings. The summed E-state index contributed by atoms with van der Waals surface area (Å²) in [7, 11) is 0. The minimum atomic E-state index is -0.616. The highest BCUT2D eigenvalue weighted by atomic mass is 19.1. The van der Waals surface area contributed by atoms with Crippen LogP contribution in [0.1, 0.15) is 5.69 Å². The molecule has 15 heavy (non-hydrogen) atoms. The van der Waals surface area contributed by atoms with E-state index in [0.29, 0.717) is 17.0 Å². The van der Waals surface area contributed by atoms with Crippen LogP contribution in [0.15, 0.2) is 30.6 Å². The molecule has 0 amide bonds. The summed E-state index contributed by atoms with van der Waals surface area (Å²) in [6.07, 6.45) is 3.03. The van der Waals surface area contributed by atoms with Gasteiger partial charge < -0.3 is 0 Å². The zero-order chi connectivity index (χ0) is 10.8. The first kappa shape index (κ1) is 9.71. The first-order chi connectivity index (χ1) is 7.16. The van der Waals surface area contributed by atoms with Gasteiger partial charge in [0.1, 0.15) is 11.6 Å². The van der Waals surface area contributed by atoms with E-state index in [1.807, 2.05) is 0 Å². The lowest BCUT2D eigenvalue weighted by Gasteiger charge is -2.03. The van der Waals surface area contributed by atoms with Crippen molar-refractivity contribution in [1.29, 1.82) is 0 Å². The lowest BCUT2D eigenvalue weighted by molar-refractivity contribution is 0.584. The maximum Gasteiger partial charge on any atom is 0.126 e. The van der Waals surface area contributed by atoms with Crippen molar-refractivity contribution < 1.29 is 8.78 Å². The minimum Gasteiger partial charge on any atom is -0.258 e. The van der Waals surface area contributed by atoms with Crippen LogP contribution in [0.3, 0.4) is 0 Å². The summed E-state index contributed by atoms with van der Waals surface area (Å²) in [5.74, 6) is -1.23. The van der Waals surface area contributed by atoms with Gasteiger partial charge in [0, 0.05) is 24.0 Å². The van der Waals surface area contributed by atoms with Gasteiger partial charge in [0.05, 0.1) is 11.4 Å². The van der Waals surface area contributed by atoms with Gasteiger partial charge >= 0.3 is 0 Å². The Bertz CT molecular complexity index is 477. The van der Waals surface area contributed by atoms with E-state index < -0.39 is 11.6 Å². The molecule has 0 radical (unpaired) electrons. The van der Waals surface area contributed by atoms with E-state index in [0.717, 1.165) is 6.07 Å². The van der Waals surface area contributed by atoms with Crippen molar-refractivity contribution in [3.8, 4) is 11.3 Å². The number of hydrogen-bond acceptors (Lipinski definition) is 2. The van der Waals surface area contributed by atoms with E-state index in [2.05, 4.69) is 9.97 Å². The molecule has 2 nitrogen and oxygen atoms in total. The molecule has 1 aromatic heterocycles. The number of aromatic nitrogens is 2. The first-order valence-electron chi connectivity index (χ1n) is 4.41. The van der Waals surface area contributed by atoms with Gasteiger partial charge in [-0.15, -0.1) is 0 Å². The second-order valence-electron chi connectivity index (χ2n) is 3.15. The van der Waals surface area contributed by atoms with Crippen molar-refractivity contribution in [3.63, 3.8) is 0 Å². The van der Waals surface area contributed by atoms with Crippen molar-refractivity contribution in [3.05, 3.63) is 47.9 Å². The second kappa shape index (κ2) is 3.73. The fourth-order valence-corrected chi connectivity index (χ4v) is 1.38. The molecule has 0 bridgehead atoms. The van der Waals surface area contributed by atoms with Gasteiger partial charge in [-0.1, -0.05) is 0 Å². The lowest BCUT2D eigenvalue weighted by Crippen LogP contribution is -1.92. The number of aryl methyl sites for hydroxylation is 1. The van der Waals surface area contributed by atoms with Crippen LogP contribution in [-0.4, -0.2) is 9.97 Å². The molecule has 0 atom stereocenters. The molecule has 0 aliphatic carbocycles. The number of halogens is 2. The fourth-order valence-electron chi connectivity index (χ4n) is 1.38. The van der Waals surface area contributed by atoms with E-state index in [-0.39, 0.29) is 0 Å². The van der Waals surface area contributed by atoms with Crippen LogP contribution in [-0.2, 0) is 0 Å². The van der Waals surface area contributed by atoms with Gasteiger partial charge in [-0.3, -0.25) is 9.97 Å². The highest BCUT2D eigenvalue weighted by Crippen LogP contribution is 2.21. The maximum absolute atomic E-state index is 13.0. The van der Waals surface area contributed by atoms with Crippen LogP contribution in [0.5, 0.6) is 0 Å². The molecule has 1 heterocycles. The molecule has 0 aliphatic heterocycles. The number of hydrogen-bond donors (Lipinski definition) is 0. The van der Waals surface area contributed by atoms with Crippen LogP contribution in [0.25, 0.3) is 11.3 Å². The molecule has 0 fully saturated rings. The average Bonchev–Trinajstić information content (AvgIpc) is 2.16. The summed E-state index contributed by atoms with van der Waals surface area (Å²) in [5.41, 5.74) is 1.54. The molecular weight excluding hydrogens is 198 g/mol. The van der Waals surface area contributed by atoms with Gasteiger partial charge in [-0.05, 0) is 19.1 Å². The van der Waals surface area contributed by atoms with Gasteiger partial charge in [0.2, 0.25) is 0 Å². The summed E-state index contributed by atoms with van der Waals surface area (Å²) >= 11 is 0. The predicted molar refractivity (Wildman–Crippen MR) is 52.1 cm³/mol. The average molecular weight is 206 g/mol. The Labute approximate surface area is 85.6 Å². The first-order valence-corrected chi connectivity index (χ1v) is 4.41. The molecule has 2 rings (SSSR count). The smallest absolute Gasteiger partial charge is 0.126 e. The predicted octanol–water partition coefficient (Wildman–Crippen LogP) is 2.73. The molecule has 0 unspecified atom stereocenters. The molecule has 0 saturated carbocycles. The third-order valence-corrected chi connectivity index (χ3v) is 2.02. The standard InChI is InChI=1S/C11H8F2N2/c1-7-11(15-3-2-14-7)8-4-9(12)6-10(13)5-8/h2-6H,1H3. The minimum absolute atomic E-state index is 0.401. The van der Waals surface area contributed by atoms with Crippen LogP contribution >= 0.6 is 0 Å². The van der Waals surface area contributed by atoms with Crippen molar-refractivity contribution >= 4 is 0 Å². The monoisotopic (exact) mass is 206 g/mol. The zero-order valence-corrected chi connectivity index (χ0v) is 8.04. The number of rotatable bonds is 1. The topological polar surface area (TPSA) is 25.8 Å². The largest absolute Gasteiger partial charge is 0.258 e. The second-order valence-corrected chi connectivity index (χ2v) is 3.15. The van der Waals surface area contributed by atoms with Gasteiger partial charge in [0.25, 0.3) is 0 Å². The molecule has 0 N–H and O–H groups in total. The summed E-state index contributed by atoms with van der Waals surface area (Å²) < 4.78 is 25.9. The Morgan fingerprint density at radius 3 is 2.13 bits per heavy atom. The number of nitrogens with zero attached hydrogens (tertiary/aromatic N) is 2. The number of benzene rings is 1. The van der Waals surface area contributed by atoms with Gasteiger partial charge in [-0.25, -0.2) is 8.78 Å². The van der Waals surface area contributed by atoms with E-state index in [1.54, 1.807) is 6.92 Å². The summed E-state index contributed by atoms with van der Waals surface area (Å²) in [5, 5.41) is 0. The van der Waals surface area contributed by atoms with E-state index in [4.69, 9.17) is 0 Å². The highest BCUT2D eigenvalue weighted by Gasteiger charge is 2.07. The summed E-state index contributed by atoms with van der Waals surface area (Å²) in [6.45, 7) is 1.74. The lowest BCUT2D eigenvalue weighted by atomic mass is 10.1. The quantitative estimate of drug-likeness (QED) is 0.716. The van der Waals surface area contributed by atoms with Crippen molar-refractivity contribution in [2.45, 2.75) is 6.92 Å². The van der Waals surface area contributed by atoms with Gasteiger partial charge in [0.15, 0.2) is 0 Å². The molecular formula is C11H8F2N2. The Kier molecular flexibility index (Phi) is 2.41. The highest BCUT2D eigenvalue weighted by molar-refractivity contribution is 5.61. The Morgan fingerprint density at radius 1 is 0.933 bits per heavy atom. The fraction of sp³-hybridized carbons (Fsp3) is 0.0909. The van der Waals surface area contributed by atoms with E-state index >= 15 is 0 Å². The molecule has 1 aromatic carbocycles. The molecule has 76 valence electrons.